The van der Waals surface area contributed by atoms with Gasteiger partial charge in [-0.05, 0) is 6.42 Å². The van der Waals surface area contributed by atoms with Crippen molar-refractivity contribution < 1.29 is 5.11 Å². The maximum Gasteiger partial charge on any atom is 0.0897 e. The Hall–Kier alpha value is -0.410. The summed E-state index contributed by atoms with van der Waals surface area (Å²) in [5, 5.41) is 9.38. The largest absolute Gasteiger partial charge is 0.388 e. The van der Waals surface area contributed by atoms with Crippen LogP contribution in [0.5, 0.6) is 0 Å². The van der Waals surface area contributed by atoms with Gasteiger partial charge in [-0.1, -0.05) is 13.3 Å². The molecule has 1 aromatic heterocycles. The van der Waals surface area contributed by atoms with E-state index < -0.39 is 0 Å². The standard InChI is InChI=1S/C7H11NOS/c1-2-3-6(9)7-4-8-5-10-7/h4-6,9H,2-3H2,1H3/t6-/m1/s1. The van der Waals surface area contributed by atoms with Gasteiger partial charge in [-0.15, -0.1) is 11.3 Å². The van der Waals surface area contributed by atoms with Crippen LogP contribution in [-0.2, 0) is 0 Å². The highest BCUT2D eigenvalue weighted by Gasteiger charge is 2.06. The van der Waals surface area contributed by atoms with E-state index >= 15 is 0 Å². The minimum absolute atomic E-state index is 0.294. The molecule has 0 radical (unpaired) electrons. The number of rotatable bonds is 3. The van der Waals surface area contributed by atoms with E-state index in [9.17, 15) is 5.11 Å². The number of aliphatic hydroxyl groups excluding tert-OH is 1. The van der Waals surface area contributed by atoms with Crippen LogP contribution in [0, 0.1) is 0 Å². The van der Waals surface area contributed by atoms with Crippen molar-refractivity contribution in [1.29, 1.82) is 0 Å². The Kier molecular flexibility index (Phi) is 2.83. The highest BCUT2D eigenvalue weighted by molar-refractivity contribution is 7.09. The average Bonchev–Trinajstić information content (AvgIpc) is 2.38. The SMILES string of the molecule is CCC[C@@H](O)c1cncs1. The Labute approximate surface area is 64.5 Å². The Morgan fingerprint density at radius 3 is 3.10 bits per heavy atom. The summed E-state index contributed by atoms with van der Waals surface area (Å²) in [6.07, 6.45) is 3.28. The molecule has 1 N–H and O–H groups in total. The van der Waals surface area contributed by atoms with Crippen LogP contribution >= 0.6 is 11.3 Å². The van der Waals surface area contributed by atoms with E-state index in [0.717, 1.165) is 17.7 Å². The number of thiazole rings is 1. The molecular weight excluding hydrogens is 146 g/mol. The molecule has 1 aromatic rings. The van der Waals surface area contributed by atoms with Gasteiger partial charge in [-0.2, -0.15) is 0 Å². The van der Waals surface area contributed by atoms with Crippen LogP contribution in [0.15, 0.2) is 11.7 Å². The van der Waals surface area contributed by atoms with Crippen LogP contribution in [0.3, 0.4) is 0 Å². The van der Waals surface area contributed by atoms with E-state index in [2.05, 4.69) is 11.9 Å². The molecule has 2 nitrogen and oxygen atoms in total. The van der Waals surface area contributed by atoms with E-state index in [1.165, 1.54) is 11.3 Å². The fourth-order valence-electron chi connectivity index (χ4n) is 0.806. The van der Waals surface area contributed by atoms with Gasteiger partial charge in [0.25, 0.3) is 0 Å². The third kappa shape index (κ3) is 1.78. The first-order valence-corrected chi connectivity index (χ1v) is 4.29. The smallest absolute Gasteiger partial charge is 0.0897 e. The molecular formula is C7H11NOS. The molecule has 0 bridgehead atoms. The predicted molar refractivity (Wildman–Crippen MR) is 42.0 cm³/mol. The molecule has 3 heteroatoms. The molecule has 0 aromatic carbocycles. The van der Waals surface area contributed by atoms with Gasteiger partial charge in [-0.3, -0.25) is 4.98 Å². The third-order valence-electron chi connectivity index (χ3n) is 1.34. The van der Waals surface area contributed by atoms with Crippen LogP contribution in [0.4, 0.5) is 0 Å². The number of hydrogen-bond acceptors (Lipinski definition) is 3. The van der Waals surface area contributed by atoms with Crippen molar-refractivity contribution in [3.63, 3.8) is 0 Å². The van der Waals surface area contributed by atoms with Crippen LogP contribution in [-0.4, -0.2) is 10.1 Å². The first-order valence-electron chi connectivity index (χ1n) is 3.41. The van der Waals surface area contributed by atoms with Crippen LogP contribution in [0.25, 0.3) is 0 Å². The zero-order chi connectivity index (χ0) is 7.40. The van der Waals surface area contributed by atoms with Crippen molar-refractivity contribution in [1.82, 2.24) is 4.98 Å². The molecule has 10 heavy (non-hydrogen) atoms. The van der Waals surface area contributed by atoms with Gasteiger partial charge in [0, 0.05) is 6.20 Å². The highest BCUT2D eigenvalue weighted by atomic mass is 32.1. The normalized spacial score (nSPS) is 13.4. The summed E-state index contributed by atoms with van der Waals surface area (Å²) >= 11 is 1.51. The summed E-state index contributed by atoms with van der Waals surface area (Å²) in [4.78, 5) is 4.86. The van der Waals surface area contributed by atoms with Gasteiger partial charge in [-0.25, -0.2) is 0 Å². The van der Waals surface area contributed by atoms with Crippen LogP contribution in [0.2, 0.25) is 0 Å². The van der Waals surface area contributed by atoms with E-state index in [-0.39, 0.29) is 6.10 Å². The summed E-state index contributed by atoms with van der Waals surface area (Å²) in [7, 11) is 0. The van der Waals surface area contributed by atoms with Crippen molar-refractivity contribution in [3.05, 3.63) is 16.6 Å². The second kappa shape index (κ2) is 3.68. The van der Waals surface area contributed by atoms with Crippen molar-refractivity contribution in [2.24, 2.45) is 0 Å². The van der Waals surface area contributed by atoms with Crippen molar-refractivity contribution in [2.75, 3.05) is 0 Å². The fourth-order valence-corrected chi connectivity index (χ4v) is 1.45. The molecule has 1 heterocycles. The van der Waals surface area contributed by atoms with E-state index in [1.807, 2.05) is 0 Å². The number of aromatic nitrogens is 1. The van der Waals surface area contributed by atoms with E-state index in [4.69, 9.17) is 0 Å². The quantitative estimate of drug-likeness (QED) is 0.727. The summed E-state index contributed by atoms with van der Waals surface area (Å²) in [5.41, 5.74) is 1.74. The lowest BCUT2D eigenvalue weighted by molar-refractivity contribution is 0.170. The molecule has 0 unspecified atom stereocenters. The summed E-state index contributed by atoms with van der Waals surface area (Å²) in [6.45, 7) is 2.06. The topological polar surface area (TPSA) is 33.1 Å². The average molecular weight is 157 g/mol. The molecule has 0 aliphatic carbocycles. The molecule has 0 fully saturated rings. The van der Waals surface area contributed by atoms with Crippen LogP contribution < -0.4 is 0 Å². The maximum atomic E-state index is 9.38. The Morgan fingerprint density at radius 2 is 2.60 bits per heavy atom. The lowest BCUT2D eigenvalue weighted by Crippen LogP contribution is -1.92. The molecule has 0 aliphatic rings. The van der Waals surface area contributed by atoms with Crippen molar-refractivity contribution >= 4 is 11.3 Å². The van der Waals surface area contributed by atoms with Gasteiger partial charge in [0.1, 0.15) is 0 Å². The number of hydrogen-bond donors (Lipinski definition) is 1. The minimum atomic E-state index is -0.294. The fraction of sp³-hybridized carbons (Fsp3) is 0.571. The van der Waals surface area contributed by atoms with Gasteiger partial charge in [0.2, 0.25) is 0 Å². The molecule has 0 amide bonds. The van der Waals surface area contributed by atoms with Gasteiger partial charge >= 0.3 is 0 Å². The molecule has 0 spiro atoms. The summed E-state index contributed by atoms with van der Waals surface area (Å²) in [5.74, 6) is 0. The van der Waals surface area contributed by atoms with Gasteiger partial charge in [0.05, 0.1) is 16.5 Å². The zero-order valence-electron chi connectivity index (χ0n) is 5.95. The molecule has 0 saturated carbocycles. The Bertz CT molecular complexity index is 174. The Balaban J connectivity index is 2.50. The Morgan fingerprint density at radius 1 is 1.80 bits per heavy atom. The summed E-state index contributed by atoms with van der Waals surface area (Å²) < 4.78 is 0. The van der Waals surface area contributed by atoms with E-state index in [1.54, 1.807) is 11.7 Å². The second-order valence-electron chi connectivity index (χ2n) is 2.21. The van der Waals surface area contributed by atoms with Crippen LogP contribution in [0.1, 0.15) is 30.7 Å². The maximum absolute atomic E-state index is 9.38. The highest BCUT2D eigenvalue weighted by Crippen LogP contribution is 2.20. The number of nitrogens with zero attached hydrogens (tertiary/aromatic N) is 1. The molecule has 1 rings (SSSR count). The minimum Gasteiger partial charge on any atom is -0.388 e. The monoisotopic (exact) mass is 157 g/mol. The lowest BCUT2D eigenvalue weighted by atomic mass is 10.2. The van der Waals surface area contributed by atoms with Crippen molar-refractivity contribution in [3.8, 4) is 0 Å². The molecule has 1 atom stereocenters. The first-order chi connectivity index (χ1) is 4.84. The predicted octanol–water partition coefficient (Wildman–Crippen LogP) is 1.98. The molecule has 56 valence electrons. The lowest BCUT2D eigenvalue weighted by Gasteiger charge is -2.03. The molecule has 0 aliphatic heterocycles. The van der Waals surface area contributed by atoms with Gasteiger partial charge in [0.15, 0.2) is 0 Å². The third-order valence-corrected chi connectivity index (χ3v) is 2.22. The van der Waals surface area contributed by atoms with Crippen molar-refractivity contribution in [2.45, 2.75) is 25.9 Å². The second-order valence-corrected chi connectivity index (χ2v) is 3.13. The first kappa shape index (κ1) is 7.69. The zero-order valence-corrected chi connectivity index (χ0v) is 6.77. The van der Waals surface area contributed by atoms with Gasteiger partial charge < -0.3 is 5.11 Å². The number of aliphatic hydroxyl groups is 1. The van der Waals surface area contributed by atoms with E-state index in [0.29, 0.717) is 0 Å². The molecule has 0 saturated heterocycles. The summed E-state index contributed by atoms with van der Waals surface area (Å²) in [6, 6.07) is 0.